The quantitative estimate of drug-likeness (QED) is 0.664. The standard InChI is InChI=1S/C12H22N2O3/c1-8(2)7-10(12(16)17)14-11(15)9-5-3-4-6-13-9/h8-10,13H,3-7H2,1-2H3,(H,14,15)(H,16,17)/t9?,10-/m1/s1. The van der Waals surface area contributed by atoms with Crippen LogP contribution in [0.15, 0.2) is 0 Å². The second kappa shape index (κ2) is 6.59. The van der Waals surface area contributed by atoms with E-state index in [0.717, 1.165) is 25.8 Å². The Kier molecular flexibility index (Phi) is 5.41. The first-order valence-corrected chi connectivity index (χ1v) is 6.27. The van der Waals surface area contributed by atoms with Crippen LogP contribution in [0.4, 0.5) is 0 Å². The maximum absolute atomic E-state index is 11.9. The molecule has 1 aliphatic heterocycles. The lowest BCUT2D eigenvalue weighted by molar-refractivity contribution is -0.142. The third-order valence-corrected chi connectivity index (χ3v) is 2.95. The zero-order chi connectivity index (χ0) is 12.8. The van der Waals surface area contributed by atoms with Crippen molar-refractivity contribution in [2.24, 2.45) is 5.92 Å². The number of hydrogen-bond acceptors (Lipinski definition) is 3. The van der Waals surface area contributed by atoms with Crippen LogP contribution in [0.1, 0.15) is 39.5 Å². The molecule has 0 saturated carbocycles. The van der Waals surface area contributed by atoms with Gasteiger partial charge in [0.2, 0.25) is 5.91 Å². The van der Waals surface area contributed by atoms with Gasteiger partial charge in [0.15, 0.2) is 0 Å². The van der Waals surface area contributed by atoms with Gasteiger partial charge in [-0.25, -0.2) is 4.79 Å². The third-order valence-electron chi connectivity index (χ3n) is 2.95. The minimum absolute atomic E-state index is 0.183. The van der Waals surface area contributed by atoms with E-state index < -0.39 is 12.0 Å². The average molecular weight is 242 g/mol. The van der Waals surface area contributed by atoms with Crippen molar-refractivity contribution in [1.29, 1.82) is 0 Å². The number of amides is 1. The first-order chi connectivity index (χ1) is 8.00. The Balaban J connectivity index is 2.47. The Morgan fingerprint density at radius 2 is 2.12 bits per heavy atom. The summed E-state index contributed by atoms with van der Waals surface area (Å²) >= 11 is 0. The van der Waals surface area contributed by atoms with Crippen LogP contribution in [0.2, 0.25) is 0 Å². The van der Waals surface area contributed by atoms with Gasteiger partial charge in [0.25, 0.3) is 0 Å². The Morgan fingerprint density at radius 1 is 1.41 bits per heavy atom. The van der Waals surface area contributed by atoms with Gasteiger partial charge < -0.3 is 15.7 Å². The van der Waals surface area contributed by atoms with E-state index in [1.54, 1.807) is 0 Å². The number of carbonyl (C=O) groups excluding carboxylic acids is 1. The smallest absolute Gasteiger partial charge is 0.326 e. The molecule has 0 aromatic rings. The van der Waals surface area contributed by atoms with Crippen molar-refractivity contribution in [2.75, 3.05) is 6.54 Å². The van der Waals surface area contributed by atoms with Crippen molar-refractivity contribution in [3.05, 3.63) is 0 Å². The van der Waals surface area contributed by atoms with Crippen molar-refractivity contribution in [3.8, 4) is 0 Å². The molecule has 1 unspecified atom stereocenters. The lowest BCUT2D eigenvalue weighted by Crippen LogP contribution is -2.51. The minimum Gasteiger partial charge on any atom is -0.480 e. The van der Waals surface area contributed by atoms with Crippen LogP contribution in [-0.4, -0.2) is 35.6 Å². The lowest BCUT2D eigenvalue weighted by Gasteiger charge is -2.25. The zero-order valence-corrected chi connectivity index (χ0v) is 10.5. The van der Waals surface area contributed by atoms with Crippen LogP contribution >= 0.6 is 0 Å². The second-order valence-corrected chi connectivity index (χ2v) is 5.03. The molecule has 0 radical (unpaired) electrons. The average Bonchev–Trinajstić information content (AvgIpc) is 2.28. The molecule has 0 aromatic heterocycles. The fourth-order valence-corrected chi connectivity index (χ4v) is 2.04. The number of carboxylic acid groups (broad SMARTS) is 1. The van der Waals surface area contributed by atoms with E-state index >= 15 is 0 Å². The van der Waals surface area contributed by atoms with Crippen molar-refractivity contribution in [1.82, 2.24) is 10.6 Å². The van der Waals surface area contributed by atoms with E-state index in [0.29, 0.717) is 6.42 Å². The van der Waals surface area contributed by atoms with Gasteiger partial charge in [-0.05, 0) is 31.7 Å². The number of piperidine rings is 1. The van der Waals surface area contributed by atoms with Gasteiger partial charge in [-0.3, -0.25) is 4.79 Å². The number of rotatable bonds is 5. The zero-order valence-electron chi connectivity index (χ0n) is 10.5. The highest BCUT2D eigenvalue weighted by atomic mass is 16.4. The molecule has 2 atom stereocenters. The number of aliphatic carboxylic acids is 1. The lowest BCUT2D eigenvalue weighted by atomic mass is 10.0. The van der Waals surface area contributed by atoms with Crippen LogP contribution < -0.4 is 10.6 Å². The highest BCUT2D eigenvalue weighted by molar-refractivity contribution is 5.86. The highest BCUT2D eigenvalue weighted by Gasteiger charge is 2.26. The largest absolute Gasteiger partial charge is 0.480 e. The summed E-state index contributed by atoms with van der Waals surface area (Å²) in [6.45, 7) is 4.72. The van der Waals surface area contributed by atoms with Crippen LogP contribution in [0, 0.1) is 5.92 Å². The molecule has 1 rings (SSSR count). The molecular formula is C12H22N2O3. The molecule has 5 nitrogen and oxygen atoms in total. The number of hydrogen-bond donors (Lipinski definition) is 3. The highest BCUT2D eigenvalue weighted by Crippen LogP contribution is 2.09. The summed E-state index contributed by atoms with van der Waals surface area (Å²) in [4.78, 5) is 22.9. The molecule has 1 amide bonds. The third kappa shape index (κ3) is 4.73. The van der Waals surface area contributed by atoms with E-state index in [1.165, 1.54) is 0 Å². The summed E-state index contributed by atoms with van der Waals surface area (Å²) in [6.07, 6.45) is 3.36. The molecule has 0 bridgehead atoms. The maximum Gasteiger partial charge on any atom is 0.326 e. The topological polar surface area (TPSA) is 78.4 Å². The predicted molar refractivity (Wildman–Crippen MR) is 64.7 cm³/mol. The summed E-state index contributed by atoms with van der Waals surface area (Å²) in [5, 5.41) is 14.8. The van der Waals surface area contributed by atoms with Crippen LogP contribution in [0.3, 0.4) is 0 Å². The Morgan fingerprint density at radius 3 is 2.59 bits per heavy atom. The Hall–Kier alpha value is -1.10. The Labute approximate surface area is 102 Å². The molecule has 0 aromatic carbocycles. The summed E-state index contributed by atoms with van der Waals surface area (Å²) < 4.78 is 0. The number of carboxylic acids is 1. The molecule has 1 aliphatic rings. The predicted octanol–water partition coefficient (Wildman–Crippen LogP) is 0.744. The minimum atomic E-state index is -0.956. The summed E-state index contributed by atoms with van der Waals surface area (Å²) in [6, 6.07) is -0.996. The molecule has 3 N–H and O–H groups in total. The SMILES string of the molecule is CC(C)C[C@@H](NC(=O)C1CCCCN1)C(=O)O. The maximum atomic E-state index is 11.9. The van der Waals surface area contributed by atoms with Crippen LogP contribution in [0.5, 0.6) is 0 Å². The van der Waals surface area contributed by atoms with Crippen molar-refractivity contribution in [2.45, 2.75) is 51.6 Å². The molecule has 0 aliphatic carbocycles. The molecule has 0 spiro atoms. The second-order valence-electron chi connectivity index (χ2n) is 5.03. The van der Waals surface area contributed by atoms with Gasteiger partial charge in [-0.2, -0.15) is 0 Å². The van der Waals surface area contributed by atoms with Crippen molar-refractivity contribution >= 4 is 11.9 Å². The van der Waals surface area contributed by atoms with E-state index in [9.17, 15) is 9.59 Å². The van der Waals surface area contributed by atoms with E-state index in [1.807, 2.05) is 13.8 Å². The summed E-state index contributed by atoms with van der Waals surface area (Å²) in [5.41, 5.74) is 0. The monoisotopic (exact) mass is 242 g/mol. The van der Waals surface area contributed by atoms with Crippen LogP contribution in [0.25, 0.3) is 0 Å². The number of carbonyl (C=O) groups is 2. The van der Waals surface area contributed by atoms with Gasteiger partial charge in [-0.15, -0.1) is 0 Å². The number of nitrogens with one attached hydrogen (secondary N) is 2. The first kappa shape index (κ1) is 14.0. The molecule has 1 saturated heterocycles. The summed E-state index contributed by atoms with van der Waals surface area (Å²) in [7, 11) is 0. The fourth-order valence-electron chi connectivity index (χ4n) is 2.04. The van der Waals surface area contributed by atoms with Gasteiger partial charge in [0.05, 0.1) is 6.04 Å². The van der Waals surface area contributed by atoms with Crippen molar-refractivity contribution in [3.63, 3.8) is 0 Å². The first-order valence-electron chi connectivity index (χ1n) is 6.27. The molecule has 17 heavy (non-hydrogen) atoms. The van der Waals surface area contributed by atoms with Crippen molar-refractivity contribution < 1.29 is 14.7 Å². The van der Waals surface area contributed by atoms with Gasteiger partial charge in [0.1, 0.15) is 6.04 Å². The molecular weight excluding hydrogens is 220 g/mol. The van der Waals surface area contributed by atoms with Gasteiger partial charge in [-0.1, -0.05) is 20.3 Å². The van der Waals surface area contributed by atoms with Gasteiger partial charge >= 0.3 is 5.97 Å². The fraction of sp³-hybridized carbons (Fsp3) is 0.833. The van der Waals surface area contributed by atoms with E-state index in [4.69, 9.17) is 5.11 Å². The van der Waals surface area contributed by atoms with Crippen LogP contribution in [-0.2, 0) is 9.59 Å². The van der Waals surface area contributed by atoms with Gasteiger partial charge in [0, 0.05) is 0 Å². The summed E-state index contributed by atoms with van der Waals surface area (Å²) in [5.74, 6) is -0.892. The normalized spacial score (nSPS) is 22.2. The molecule has 5 heteroatoms. The van der Waals surface area contributed by atoms with E-state index in [-0.39, 0.29) is 17.9 Å². The molecule has 1 heterocycles. The Bertz CT molecular complexity index is 273. The molecule has 98 valence electrons. The van der Waals surface area contributed by atoms with E-state index in [2.05, 4.69) is 10.6 Å². The molecule has 1 fully saturated rings.